The highest BCUT2D eigenvalue weighted by atomic mass is 32.2. The van der Waals surface area contributed by atoms with Crippen molar-refractivity contribution in [3.63, 3.8) is 0 Å². The second-order valence-corrected chi connectivity index (χ2v) is 6.41. The molecule has 0 bridgehead atoms. The Hall–Kier alpha value is -1.45. The second kappa shape index (κ2) is 7.01. The van der Waals surface area contributed by atoms with Gasteiger partial charge in [0.1, 0.15) is 0 Å². The monoisotopic (exact) mass is 299 g/mol. The van der Waals surface area contributed by atoms with Crippen LogP contribution in [0.3, 0.4) is 0 Å². The first-order chi connectivity index (χ1) is 10.4. The molecule has 2 aromatic rings. The van der Waals surface area contributed by atoms with Crippen LogP contribution in [0, 0.1) is 0 Å². The molecule has 1 N–H and O–H groups in total. The molecule has 3 rings (SSSR count). The average Bonchev–Trinajstić information content (AvgIpc) is 2.54. The Morgan fingerprint density at radius 2 is 1.95 bits per heavy atom. The topological polar surface area (TPSA) is 21.3 Å². The molecule has 2 aromatic carbocycles. The van der Waals surface area contributed by atoms with E-state index in [0.29, 0.717) is 6.04 Å². The van der Waals surface area contributed by atoms with Crippen LogP contribution < -0.4 is 5.32 Å². The second-order valence-electron chi connectivity index (χ2n) is 5.27. The van der Waals surface area contributed by atoms with E-state index in [4.69, 9.17) is 4.74 Å². The van der Waals surface area contributed by atoms with Crippen molar-refractivity contribution in [2.24, 2.45) is 0 Å². The zero-order valence-corrected chi connectivity index (χ0v) is 13.2. The Labute approximate surface area is 130 Å². The van der Waals surface area contributed by atoms with E-state index in [1.165, 1.54) is 33.9 Å². The summed E-state index contributed by atoms with van der Waals surface area (Å²) in [6, 6.07) is 17.7. The third-order valence-electron chi connectivity index (χ3n) is 3.88. The summed E-state index contributed by atoms with van der Waals surface area (Å²) in [4.78, 5) is 1.41. The molecule has 110 valence electrons. The van der Waals surface area contributed by atoms with Gasteiger partial charge in [0.2, 0.25) is 0 Å². The quantitative estimate of drug-likeness (QED) is 0.877. The van der Waals surface area contributed by atoms with Crippen LogP contribution in [0.5, 0.6) is 0 Å². The van der Waals surface area contributed by atoms with Crippen molar-refractivity contribution < 1.29 is 4.74 Å². The largest absolute Gasteiger partial charge is 0.384 e. The van der Waals surface area contributed by atoms with E-state index in [0.717, 1.165) is 13.0 Å². The molecule has 1 atom stereocenters. The van der Waals surface area contributed by atoms with E-state index >= 15 is 0 Å². The van der Waals surface area contributed by atoms with Gasteiger partial charge in [0, 0.05) is 23.4 Å². The number of nitrogens with one attached hydrogen (secondary N) is 1. The Balaban J connectivity index is 1.81. The molecule has 0 radical (unpaired) electrons. The maximum Gasteiger partial charge on any atom is 0.0532 e. The van der Waals surface area contributed by atoms with Crippen molar-refractivity contribution in [3.05, 3.63) is 59.7 Å². The minimum atomic E-state index is 0.408. The van der Waals surface area contributed by atoms with Crippen LogP contribution in [0.15, 0.2) is 53.4 Å². The number of ether oxygens (including phenoxy) is 1. The van der Waals surface area contributed by atoms with Gasteiger partial charge in [-0.15, -0.1) is 11.8 Å². The molecule has 0 spiro atoms. The number of thioether (sulfide) groups is 1. The molecule has 0 aliphatic carbocycles. The third kappa shape index (κ3) is 3.42. The summed E-state index contributed by atoms with van der Waals surface area (Å²) in [5.41, 5.74) is 3.99. The van der Waals surface area contributed by atoms with Crippen LogP contribution in [0.2, 0.25) is 0 Å². The van der Waals surface area contributed by atoms with Crippen LogP contribution >= 0.6 is 11.8 Å². The molecule has 0 saturated heterocycles. The van der Waals surface area contributed by atoms with Gasteiger partial charge in [-0.2, -0.15) is 0 Å². The van der Waals surface area contributed by atoms with Gasteiger partial charge in [0.25, 0.3) is 0 Å². The summed E-state index contributed by atoms with van der Waals surface area (Å²) >= 11 is 1.96. The summed E-state index contributed by atoms with van der Waals surface area (Å²) in [5.74, 6) is 1.18. The van der Waals surface area contributed by atoms with E-state index in [9.17, 15) is 0 Å². The van der Waals surface area contributed by atoms with Gasteiger partial charge in [0.15, 0.2) is 0 Å². The normalized spacial score (nSPS) is 17.3. The zero-order valence-electron chi connectivity index (χ0n) is 12.3. The number of benzene rings is 2. The molecule has 1 unspecified atom stereocenters. The van der Waals surface area contributed by atoms with Gasteiger partial charge in [-0.25, -0.2) is 0 Å². The maximum atomic E-state index is 5.22. The lowest BCUT2D eigenvalue weighted by Gasteiger charge is -2.27. The van der Waals surface area contributed by atoms with Gasteiger partial charge in [-0.05, 0) is 36.1 Å². The highest BCUT2D eigenvalue weighted by Crippen LogP contribution is 2.38. The first-order valence-corrected chi connectivity index (χ1v) is 8.42. The lowest BCUT2D eigenvalue weighted by molar-refractivity contribution is 0.202. The predicted molar refractivity (Wildman–Crippen MR) is 90.2 cm³/mol. The molecule has 1 aliphatic heterocycles. The minimum Gasteiger partial charge on any atom is -0.384 e. The fraction of sp³-hybridized carbons (Fsp3) is 0.333. The van der Waals surface area contributed by atoms with Crippen molar-refractivity contribution >= 4 is 17.4 Å². The lowest BCUT2D eigenvalue weighted by Crippen LogP contribution is -2.17. The van der Waals surface area contributed by atoms with E-state index in [1.807, 2.05) is 11.8 Å². The first kappa shape index (κ1) is 14.5. The zero-order chi connectivity index (χ0) is 14.5. The fourth-order valence-corrected chi connectivity index (χ4v) is 3.90. The van der Waals surface area contributed by atoms with Gasteiger partial charge in [-0.3, -0.25) is 0 Å². The molecule has 0 saturated carbocycles. The van der Waals surface area contributed by atoms with Gasteiger partial charge < -0.3 is 10.1 Å². The summed E-state index contributed by atoms with van der Waals surface area (Å²) in [5, 5.41) is 3.75. The van der Waals surface area contributed by atoms with Crippen LogP contribution in [0.25, 0.3) is 0 Å². The Morgan fingerprint density at radius 1 is 1.14 bits per heavy atom. The molecule has 2 nitrogen and oxygen atoms in total. The van der Waals surface area contributed by atoms with E-state index < -0.39 is 0 Å². The summed E-state index contributed by atoms with van der Waals surface area (Å²) in [7, 11) is 1.75. The van der Waals surface area contributed by atoms with Crippen molar-refractivity contribution in [3.8, 4) is 0 Å². The van der Waals surface area contributed by atoms with E-state index in [2.05, 4.69) is 53.8 Å². The minimum absolute atomic E-state index is 0.408. The summed E-state index contributed by atoms with van der Waals surface area (Å²) in [6.45, 7) is 0.760. The molecular weight excluding hydrogens is 278 g/mol. The maximum absolute atomic E-state index is 5.22. The van der Waals surface area contributed by atoms with Gasteiger partial charge >= 0.3 is 0 Å². The fourth-order valence-electron chi connectivity index (χ4n) is 2.77. The van der Waals surface area contributed by atoms with Crippen LogP contribution in [0.1, 0.15) is 23.6 Å². The Bertz CT molecular complexity index is 599. The molecule has 3 heteroatoms. The molecule has 0 fully saturated rings. The highest BCUT2D eigenvalue weighted by molar-refractivity contribution is 7.99. The first-order valence-electron chi connectivity index (χ1n) is 7.43. The van der Waals surface area contributed by atoms with Crippen molar-refractivity contribution in [2.75, 3.05) is 24.8 Å². The number of anilines is 1. The van der Waals surface area contributed by atoms with E-state index in [-0.39, 0.29) is 0 Å². The standard InChI is InChI=1S/C18H21NOS/c1-20-12-10-14-6-2-4-8-16(14)19-17-11-13-21-18-9-5-3-7-15(17)18/h2-9,17,19H,10-13H2,1H3. The van der Waals surface area contributed by atoms with Crippen molar-refractivity contribution in [1.29, 1.82) is 0 Å². The van der Waals surface area contributed by atoms with Crippen LogP contribution in [0.4, 0.5) is 5.69 Å². The summed E-state index contributed by atoms with van der Waals surface area (Å²) < 4.78 is 5.22. The van der Waals surface area contributed by atoms with Crippen molar-refractivity contribution in [1.82, 2.24) is 0 Å². The molecular formula is C18H21NOS. The van der Waals surface area contributed by atoms with Crippen LogP contribution in [-0.4, -0.2) is 19.5 Å². The van der Waals surface area contributed by atoms with Gasteiger partial charge in [-0.1, -0.05) is 36.4 Å². The third-order valence-corrected chi connectivity index (χ3v) is 5.00. The molecule has 0 aromatic heterocycles. The molecule has 21 heavy (non-hydrogen) atoms. The molecule has 0 amide bonds. The number of para-hydroxylation sites is 1. The average molecular weight is 299 g/mol. The number of methoxy groups -OCH3 is 1. The Morgan fingerprint density at radius 3 is 2.86 bits per heavy atom. The number of fused-ring (bicyclic) bond motifs is 1. The SMILES string of the molecule is COCCc1ccccc1NC1CCSc2ccccc21. The number of hydrogen-bond acceptors (Lipinski definition) is 3. The van der Waals surface area contributed by atoms with Crippen molar-refractivity contribution in [2.45, 2.75) is 23.8 Å². The van der Waals surface area contributed by atoms with Gasteiger partial charge in [0.05, 0.1) is 12.6 Å². The number of hydrogen-bond donors (Lipinski definition) is 1. The van der Waals surface area contributed by atoms with E-state index in [1.54, 1.807) is 7.11 Å². The number of rotatable bonds is 5. The van der Waals surface area contributed by atoms with Crippen LogP contribution in [-0.2, 0) is 11.2 Å². The smallest absolute Gasteiger partial charge is 0.0532 e. The predicted octanol–water partition coefficient (Wildman–Crippen LogP) is 4.52. The molecule has 1 heterocycles. The highest BCUT2D eigenvalue weighted by Gasteiger charge is 2.20. The lowest BCUT2D eigenvalue weighted by atomic mass is 10.0. The summed E-state index contributed by atoms with van der Waals surface area (Å²) in [6.07, 6.45) is 2.11. The molecule has 1 aliphatic rings. The Kier molecular flexibility index (Phi) is 4.84.